The number of halogens is 3. The largest absolute Gasteiger partial charge is 0.451 e. The Morgan fingerprint density at radius 2 is 1.58 bits per heavy atom. The van der Waals surface area contributed by atoms with E-state index < -0.39 is 12.0 Å². The Morgan fingerprint density at radius 1 is 0.923 bits per heavy atom. The third-order valence-corrected chi connectivity index (χ3v) is 6.12. The molecule has 4 saturated carbocycles. The van der Waals surface area contributed by atoms with E-state index in [0.29, 0.717) is 17.2 Å². The molecule has 0 radical (unpaired) electrons. The van der Waals surface area contributed by atoms with Gasteiger partial charge in [0.15, 0.2) is 5.82 Å². The van der Waals surface area contributed by atoms with E-state index in [1.54, 1.807) is 24.3 Å². The highest BCUT2D eigenvalue weighted by Crippen LogP contribution is 2.52. The van der Waals surface area contributed by atoms with Crippen molar-refractivity contribution in [2.75, 3.05) is 5.43 Å². The average Bonchev–Trinajstić information content (AvgIpc) is 2.59. The Hall–Kier alpha value is -2.18. The summed E-state index contributed by atoms with van der Waals surface area (Å²) in [6.45, 7) is 0. The molecule has 4 aliphatic carbocycles. The number of anilines is 1. The quantitative estimate of drug-likeness (QED) is 0.777. The van der Waals surface area contributed by atoms with Crippen LogP contribution in [0.4, 0.5) is 19.0 Å². The first-order valence-corrected chi connectivity index (χ1v) is 9.15. The van der Waals surface area contributed by atoms with E-state index in [9.17, 15) is 13.2 Å². The topological polar surface area (TPSA) is 50.2 Å². The van der Waals surface area contributed by atoms with E-state index >= 15 is 0 Å². The van der Waals surface area contributed by atoms with Crippen LogP contribution in [0.5, 0.6) is 0 Å². The van der Waals surface area contributed by atoms with Gasteiger partial charge in [0.25, 0.3) is 0 Å². The maximum atomic E-state index is 13.1. The Kier molecular flexibility index (Phi) is 3.49. The molecular formula is C19H19F3N4. The van der Waals surface area contributed by atoms with Crippen LogP contribution in [0.1, 0.15) is 37.9 Å². The fraction of sp³-hybridized carbons (Fsp3) is 0.526. The summed E-state index contributed by atoms with van der Waals surface area (Å²) in [5.74, 6) is 1.58. The Bertz CT molecular complexity index is 860. The monoisotopic (exact) mass is 360 g/mol. The van der Waals surface area contributed by atoms with Gasteiger partial charge in [-0.05, 0) is 67.9 Å². The fourth-order valence-electron chi connectivity index (χ4n) is 5.26. The molecule has 4 fully saturated rings. The molecule has 136 valence electrons. The van der Waals surface area contributed by atoms with Crippen LogP contribution >= 0.6 is 0 Å². The molecule has 0 amide bonds. The first kappa shape index (κ1) is 16.0. The number of hydrazone groups is 1. The van der Waals surface area contributed by atoms with Crippen LogP contribution in [0.2, 0.25) is 0 Å². The molecule has 2 aromatic rings. The molecule has 0 atom stereocenters. The zero-order valence-electron chi connectivity index (χ0n) is 14.1. The molecule has 6 rings (SSSR count). The van der Waals surface area contributed by atoms with Gasteiger partial charge in [-0.15, -0.1) is 0 Å². The van der Waals surface area contributed by atoms with Crippen molar-refractivity contribution in [1.82, 2.24) is 9.97 Å². The highest BCUT2D eigenvalue weighted by atomic mass is 19.4. The maximum Gasteiger partial charge on any atom is 0.451 e. The van der Waals surface area contributed by atoms with Gasteiger partial charge in [0.2, 0.25) is 5.82 Å². The van der Waals surface area contributed by atoms with E-state index in [-0.39, 0.29) is 11.3 Å². The standard InChI is InChI=1S/C19H19F3N4/c20-19(21,22)18-23-15-4-2-1-3-14(15)17(24-18)26-25-16-12-6-10-5-11(8-12)9-13(16)7-10/h1-4,10-13H,5-9H2,(H,23,24,26). The lowest BCUT2D eigenvalue weighted by Gasteiger charge is -2.50. The molecule has 0 saturated heterocycles. The second kappa shape index (κ2) is 5.66. The van der Waals surface area contributed by atoms with Gasteiger partial charge < -0.3 is 0 Å². The summed E-state index contributed by atoms with van der Waals surface area (Å²) < 4.78 is 39.4. The number of rotatable bonds is 2. The minimum Gasteiger partial charge on any atom is -0.261 e. The highest BCUT2D eigenvalue weighted by molar-refractivity contribution is 5.93. The zero-order chi connectivity index (χ0) is 17.9. The predicted octanol–water partition coefficient (Wildman–Crippen LogP) is 4.87. The van der Waals surface area contributed by atoms with E-state index in [1.807, 2.05) is 0 Å². The Labute approximate surface area is 148 Å². The normalized spacial score (nSPS) is 30.0. The smallest absolute Gasteiger partial charge is 0.261 e. The molecule has 4 nitrogen and oxygen atoms in total. The number of benzene rings is 1. The lowest BCUT2D eigenvalue weighted by atomic mass is 9.55. The van der Waals surface area contributed by atoms with Crippen molar-refractivity contribution in [3.05, 3.63) is 30.1 Å². The van der Waals surface area contributed by atoms with Gasteiger partial charge in [-0.1, -0.05) is 12.1 Å². The van der Waals surface area contributed by atoms with Crippen LogP contribution in [0.15, 0.2) is 29.4 Å². The summed E-state index contributed by atoms with van der Waals surface area (Å²) in [5, 5.41) is 5.12. The van der Waals surface area contributed by atoms with Crippen molar-refractivity contribution in [1.29, 1.82) is 0 Å². The van der Waals surface area contributed by atoms with Gasteiger partial charge in [-0.3, -0.25) is 5.43 Å². The van der Waals surface area contributed by atoms with Gasteiger partial charge in [-0.25, -0.2) is 9.97 Å². The number of para-hydroxylation sites is 1. The molecule has 0 spiro atoms. The summed E-state index contributed by atoms with van der Waals surface area (Å²) in [5.41, 5.74) is 4.26. The summed E-state index contributed by atoms with van der Waals surface area (Å²) in [6.07, 6.45) is 1.45. The lowest BCUT2D eigenvalue weighted by molar-refractivity contribution is -0.144. The first-order chi connectivity index (χ1) is 12.5. The average molecular weight is 360 g/mol. The van der Waals surface area contributed by atoms with Crippen LogP contribution < -0.4 is 5.43 Å². The van der Waals surface area contributed by atoms with Crippen molar-refractivity contribution < 1.29 is 13.2 Å². The lowest BCUT2D eigenvalue weighted by Crippen LogP contribution is -2.45. The third kappa shape index (κ3) is 2.64. The summed E-state index contributed by atoms with van der Waals surface area (Å²) >= 11 is 0. The number of nitrogens with one attached hydrogen (secondary N) is 1. The molecule has 0 unspecified atom stereocenters. The van der Waals surface area contributed by atoms with Crippen LogP contribution in [-0.2, 0) is 6.18 Å². The molecule has 4 bridgehead atoms. The Morgan fingerprint density at radius 3 is 2.23 bits per heavy atom. The van der Waals surface area contributed by atoms with Gasteiger partial charge in [-0.2, -0.15) is 18.3 Å². The summed E-state index contributed by atoms with van der Waals surface area (Å²) in [6, 6.07) is 6.71. The number of alkyl halides is 3. The number of hydrogen-bond acceptors (Lipinski definition) is 4. The predicted molar refractivity (Wildman–Crippen MR) is 92.6 cm³/mol. The number of fused-ring (bicyclic) bond motifs is 1. The van der Waals surface area contributed by atoms with Crippen LogP contribution in [0.3, 0.4) is 0 Å². The fourth-order valence-corrected chi connectivity index (χ4v) is 5.26. The zero-order valence-corrected chi connectivity index (χ0v) is 14.1. The summed E-state index contributed by atoms with van der Waals surface area (Å²) in [7, 11) is 0. The van der Waals surface area contributed by atoms with Crippen molar-refractivity contribution in [2.24, 2.45) is 28.8 Å². The van der Waals surface area contributed by atoms with Gasteiger partial charge in [0.05, 0.1) is 5.52 Å². The third-order valence-electron chi connectivity index (χ3n) is 6.12. The van der Waals surface area contributed by atoms with Crippen LogP contribution in [0, 0.1) is 23.7 Å². The van der Waals surface area contributed by atoms with Crippen molar-refractivity contribution in [3.63, 3.8) is 0 Å². The number of nitrogens with zero attached hydrogens (tertiary/aromatic N) is 3. The minimum atomic E-state index is -4.59. The van der Waals surface area contributed by atoms with Gasteiger partial charge in [0, 0.05) is 11.1 Å². The number of hydrogen-bond donors (Lipinski definition) is 1. The SMILES string of the molecule is FC(F)(F)c1nc(NN=C2C3CC4CC(C3)CC2C4)c2ccccc2n1. The number of aromatic nitrogens is 2. The van der Waals surface area contributed by atoms with Crippen molar-refractivity contribution >= 4 is 22.4 Å². The van der Waals surface area contributed by atoms with Crippen molar-refractivity contribution in [3.8, 4) is 0 Å². The van der Waals surface area contributed by atoms with E-state index in [0.717, 1.165) is 17.5 Å². The maximum absolute atomic E-state index is 13.1. The molecule has 0 aliphatic heterocycles. The molecule has 1 aromatic heterocycles. The van der Waals surface area contributed by atoms with Crippen molar-refractivity contribution in [2.45, 2.75) is 38.3 Å². The highest BCUT2D eigenvalue weighted by Gasteiger charge is 2.46. The minimum absolute atomic E-state index is 0.129. The molecule has 26 heavy (non-hydrogen) atoms. The van der Waals surface area contributed by atoms with E-state index in [1.165, 1.54) is 32.1 Å². The summed E-state index contributed by atoms with van der Waals surface area (Å²) in [4.78, 5) is 7.37. The van der Waals surface area contributed by atoms with Crippen LogP contribution in [0.25, 0.3) is 10.9 Å². The van der Waals surface area contributed by atoms with Crippen LogP contribution in [-0.4, -0.2) is 15.7 Å². The van der Waals surface area contributed by atoms with E-state index in [4.69, 9.17) is 0 Å². The molecule has 1 heterocycles. The molecule has 7 heteroatoms. The van der Waals surface area contributed by atoms with Gasteiger partial charge >= 0.3 is 6.18 Å². The van der Waals surface area contributed by atoms with Gasteiger partial charge in [0.1, 0.15) is 0 Å². The second-order valence-corrected chi connectivity index (χ2v) is 7.86. The van der Waals surface area contributed by atoms with E-state index in [2.05, 4.69) is 20.5 Å². The molecule has 4 aliphatic rings. The first-order valence-electron chi connectivity index (χ1n) is 9.15. The molecule has 1 N–H and O–H groups in total. The second-order valence-electron chi connectivity index (χ2n) is 7.86. The molecular weight excluding hydrogens is 341 g/mol. The Balaban J connectivity index is 1.51. The molecule has 1 aromatic carbocycles.